The smallest absolute Gasteiger partial charge is 0.287 e. The van der Waals surface area contributed by atoms with Crippen molar-refractivity contribution in [1.29, 1.82) is 0 Å². The molecule has 120 valence electrons. The number of benzene rings is 2. The molecule has 0 fully saturated rings. The average Bonchev–Trinajstić information content (AvgIpc) is 2.57. The molecule has 2 aromatic carbocycles. The molecular formula is C18H18BrNO3. The van der Waals surface area contributed by atoms with Crippen LogP contribution in [0.1, 0.15) is 11.1 Å². The number of Topliss-reactive ketones (excluding diaryl/α,β-unsaturated/α-hetero) is 1. The molecule has 0 unspecified atom stereocenters. The van der Waals surface area contributed by atoms with Crippen molar-refractivity contribution in [3.63, 3.8) is 0 Å². The van der Waals surface area contributed by atoms with Crippen LogP contribution in [0.25, 0.3) is 0 Å². The van der Waals surface area contributed by atoms with Crippen LogP contribution < -0.4 is 10.1 Å². The molecule has 0 spiro atoms. The first-order chi connectivity index (χ1) is 11.1. The van der Waals surface area contributed by atoms with E-state index in [2.05, 4.69) is 21.2 Å². The van der Waals surface area contributed by atoms with Crippen LogP contribution in [0.5, 0.6) is 5.75 Å². The Morgan fingerprint density at radius 3 is 2.43 bits per heavy atom. The molecule has 0 aromatic heterocycles. The predicted octanol–water partition coefficient (Wildman–Crippen LogP) is 2.93. The predicted molar refractivity (Wildman–Crippen MR) is 92.6 cm³/mol. The second kappa shape index (κ2) is 8.48. The van der Waals surface area contributed by atoms with E-state index >= 15 is 0 Å². The number of hydrogen-bond acceptors (Lipinski definition) is 3. The molecule has 0 radical (unpaired) electrons. The van der Waals surface area contributed by atoms with Crippen molar-refractivity contribution in [2.24, 2.45) is 0 Å². The maximum atomic E-state index is 11.9. The number of amides is 1. The lowest BCUT2D eigenvalue weighted by Gasteiger charge is -2.06. The van der Waals surface area contributed by atoms with Crippen LogP contribution in [0.15, 0.2) is 53.0 Å². The van der Waals surface area contributed by atoms with E-state index in [9.17, 15) is 9.59 Å². The molecule has 0 atom stereocenters. The summed E-state index contributed by atoms with van der Waals surface area (Å²) in [6, 6.07) is 15.0. The Kier molecular flexibility index (Phi) is 6.35. The highest BCUT2D eigenvalue weighted by Crippen LogP contribution is 2.16. The summed E-state index contributed by atoms with van der Waals surface area (Å²) < 4.78 is 5.92. The lowest BCUT2D eigenvalue weighted by atomic mass is 10.1. The summed E-state index contributed by atoms with van der Waals surface area (Å²) in [7, 11) is 1.62. The Bertz CT molecular complexity index is 683. The van der Waals surface area contributed by atoms with Gasteiger partial charge in [-0.2, -0.15) is 0 Å². The van der Waals surface area contributed by atoms with Crippen molar-refractivity contribution in [2.75, 3.05) is 13.7 Å². The molecular weight excluding hydrogens is 358 g/mol. The first-order valence-corrected chi connectivity index (χ1v) is 8.07. The Balaban J connectivity index is 1.79. The number of hydrogen-bond donors (Lipinski definition) is 1. The molecule has 4 nitrogen and oxygen atoms in total. The van der Waals surface area contributed by atoms with E-state index in [0.29, 0.717) is 13.0 Å². The Morgan fingerprint density at radius 2 is 1.78 bits per heavy atom. The second-order valence-corrected chi connectivity index (χ2v) is 5.90. The van der Waals surface area contributed by atoms with Gasteiger partial charge in [0.25, 0.3) is 5.91 Å². The Labute approximate surface area is 144 Å². The third-order valence-corrected chi connectivity index (χ3v) is 4.19. The summed E-state index contributed by atoms with van der Waals surface area (Å²) in [5.41, 5.74) is 1.88. The largest absolute Gasteiger partial charge is 0.497 e. The quantitative estimate of drug-likeness (QED) is 0.756. The van der Waals surface area contributed by atoms with Gasteiger partial charge in [0, 0.05) is 17.4 Å². The van der Waals surface area contributed by atoms with Gasteiger partial charge in [-0.1, -0.05) is 46.3 Å². The minimum absolute atomic E-state index is 0.0930. The zero-order valence-corrected chi connectivity index (χ0v) is 14.4. The molecule has 2 aromatic rings. The third-order valence-electron chi connectivity index (χ3n) is 3.42. The van der Waals surface area contributed by atoms with Crippen molar-refractivity contribution >= 4 is 27.6 Å². The summed E-state index contributed by atoms with van der Waals surface area (Å²) >= 11 is 3.37. The number of methoxy groups -OCH3 is 1. The summed E-state index contributed by atoms with van der Waals surface area (Å²) in [5.74, 6) is -0.192. The van der Waals surface area contributed by atoms with E-state index in [1.165, 1.54) is 0 Å². The minimum atomic E-state index is -0.547. The van der Waals surface area contributed by atoms with Crippen molar-refractivity contribution in [2.45, 2.75) is 12.8 Å². The van der Waals surface area contributed by atoms with Crippen molar-refractivity contribution in [3.8, 4) is 5.75 Å². The van der Waals surface area contributed by atoms with Gasteiger partial charge >= 0.3 is 0 Å². The summed E-state index contributed by atoms with van der Waals surface area (Å²) in [4.78, 5) is 23.8. The van der Waals surface area contributed by atoms with Crippen molar-refractivity contribution < 1.29 is 14.3 Å². The van der Waals surface area contributed by atoms with Crippen molar-refractivity contribution in [1.82, 2.24) is 5.32 Å². The van der Waals surface area contributed by atoms with E-state index in [-0.39, 0.29) is 6.42 Å². The van der Waals surface area contributed by atoms with E-state index in [0.717, 1.165) is 21.3 Å². The fourth-order valence-corrected chi connectivity index (χ4v) is 2.53. The molecule has 0 heterocycles. The lowest BCUT2D eigenvalue weighted by Crippen LogP contribution is -2.33. The molecule has 5 heteroatoms. The zero-order valence-electron chi connectivity index (χ0n) is 12.8. The van der Waals surface area contributed by atoms with Gasteiger partial charge in [0.05, 0.1) is 7.11 Å². The molecule has 1 amide bonds. The van der Waals surface area contributed by atoms with Crippen LogP contribution in [-0.2, 0) is 22.4 Å². The molecule has 0 bridgehead atoms. The SMILES string of the molecule is COc1ccc(CCNC(=O)C(=O)Cc2ccccc2Br)cc1. The number of rotatable bonds is 7. The fourth-order valence-electron chi connectivity index (χ4n) is 2.11. The maximum absolute atomic E-state index is 11.9. The molecule has 2 rings (SSSR count). The number of halogens is 1. The van der Waals surface area contributed by atoms with Gasteiger partial charge in [-0.05, 0) is 35.7 Å². The average molecular weight is 376 g/mol. The molecule has 0 saturated heterocycles. The molecule has 0 aliphatic heterocycles. The standard InChI is InChI=1S/C18H18BrNO3/c1-23-15-8-6-13(7-9-15)10-11-20-18(22)17(21)12-14-4-2-3-5-16(14)19/h2-9H,10-12H2,1H3,(H,20,22). The maximum Gasteiger partial charge on any atom is 0.287 e. The summed E-state index contributed by atoms with van der Waals surface area (Å²) in [6.07, 6.45) is 0.758. The lowest BCUT2D eigenvalue weighted by molar-refractivity contribution is -0.137. The van der Waals surface area contributed by atoms with Gasteiger partial charge in [-0.3, -0.25) is 9.59 Å². The van der Waals surface area contributed by atoms with E-state index in [1.54, 1.807) is 7.11 Å². The monoisotopic (exact) mass is 375 g/mol. The second-order valence-electron chi connectivity index (χ2n) is 5.05. The highest BCUT2D eigenvalue weighted by atomic mass is 79.9. The van der Waals surface area contributed by atoms with Crippen LogP contribution >= 0.6 is 15.9 Å². The minimum Gasteiger partial charge on any atom is -0.497 e. The highest BCUT2D eigenvalue weighted by molar-refractivity contribution is 9.10. The van der Waals surface area contributed by atoms with Gasteiger partial charge in [-0.25, -0.2) is 0 Å². The van der Waals surface area contributed by atoms with Gasteiger partial charge < -0.3 is 10.1 Å². The molecule has 0 saturated carbocycles. The Hall–Kier alpha value is -2.14. The van der Waals surface area contributed by atoms with Crippen LogP contribution in [0.3, 0.4) is 0 Å². The molecule has 0 aliphatic carbocycles. The number of carbonyl (C=O) groups excluding carboxylic acids is 2. The number of ketones is 1. The van der Waals surface area contributed by atoms with E-state index in [1.807, 2.05) is 48.5 Å². The third kappa shape index (κ3) is 5.21. The van der Waals surface area contributed by atoms with Gasteiger partial charge in [0.1, 0.15) is 5.75 Å². The van der Waals surface area contributed by atoms with Gasteiger partial charge in [0.2, 0.25) is 5.78 Å². The van der Waals surface area contributed by atoms with E-state index < -0.39 is 11.7 Å². The number of ether oxygens (including phenoxy) is 1. The zero-order chi connectivity index (χ0) is 16.7. The van der Waals surface area contributed by atoms with Crippen LogP contribution in [0.2, 0.25) is 0 Å². The van der Waals surface area contributed by atoms with Gasteiger partial charge in [0.15, 0.2) is 0 Å². The fraction of sp³-hybridized carbons (Fsp3) is 0.222. The van der Waals surface area contributed by atoms with E-state index in [4.69, 9.17) is 4.74 Å². The van der Waals surface area contributed by atoms with Crippen LogP contribution in [-0.4, -0.2) is 25.3 Å². The first-order valence-electron chi connectivity index (χ1n) is 7.27. The topological polar surface area (TPSA) is 55.4 Å². The van der Waals surface area contributed by atoms with Crippen LogP contribution in [0.4, 0.5) is 0 Å². The molecule has 23 heavy (non-hydrogen) atoms. The first kappa shape index (κ1) is 17.2. The number of carbonyl (C=O) groups is 2. The normalized spacial score (nSPS) is 10.2. The highest BCUT2D eigenvalue weighted by Gasteiger charge is 2.14. The molecule has 0 aliphatic rings. The van der Waals surface area contributed by atoms with Crippen LogP contribution in [0, 0.1) is 0 Å². The summed E-state index contributed by atoms with van der Waals surface area (Å²) in [5, 5.41) is 2.66. The number of nitrogens with one attached hydrogen (secondary N) is 1. The van der Waals surface area contributed by atoms with Crippen molar-refractivity contribution in [3.05, 3.63) is 64.1 Å². The van der Waals surface area contributed by atoms with Gasteiger partial charge in [-0.15, -0.1) is 0 Å². The summed E-state index contributed by atoms with van der Waals surface area (Å²) in [6.45, 7) is 0.423. The molecule has 1 N–H and O–H groups in total. The Morgan fingerprint density at radius 1 is 1.09 bits per heavy atom.